The Morgan fingerprint density at radius 2 is 2.00 bits per heavy atom. The van der Waals surface area contributed by atoms with Crippen LogP contribution in [0.2, 0.25) is 0 Å². The summed E-state index contributed by atoms with van der Waals surface area (Å²) in [6.07, 6.45) is 0.0264. The minimum Gasteiger partial charge on any atom is -0.482 e. The number of rotatable bonds is 5. The minimum absolute atomic E-state index is 0.0264. The number of hydrogen-bond acceptors (Lipinski definition) is 3. The second-order valence-electron chi connectivity index (χ2n) is 3.13. The molecule has 0 fully saturated rings. The highest BCUT2D eigenvalue weighted by Crippen LogP contribution is 2.19. The van der Waals surface area contributed by atoms with Crippen molar-refractivity contribution in [1.29, 1.82) is 0 Å². The molecule has 1 N–H and O–H groups in total. The lowest BCUT2D eigenvalue weighted by atomic mass is 10.1. The number of methoxy groups -OCH3 is 1. The van der Waals surface area contributed by atoms with Crippen molar-refractivity contribution in [2.75, 3.05) is 13.7 Å². The molecule has 0 saturated heterocycles. The number of aliphatic carboxylic acids is 1. The average Bonchev–Trinajstić information content (AvgIpc) is 2.26. The fourth-order valence-electron chi connectivity index (χ4n) is 1.12. The molecule has 0 aliphatic rings. The molecule has 15 heavy (non-hydrogen) atoms. The Labute approximate surface area is 88.4 Å². The normalized spacial score (nSPS) is 12.1. The Morgan fingerprint density at radius 3 is 2.47 bits per heavy atom. The number of carboxylic acid groups (broad SMARTS) is 1. The molecule has 0 aliphatic carbocycles. The SMILES string of the molecule is COC(C)c1ccc(OCC(=O)O)cc1. The summed E-state index contributed by atoms with van der Waals surface area (Å²) in [5.41, 5.74) is 1.03. The maximum absolute atomic E-state index is 10.2. The van der Waals surface area contributed by atoms with E-state index in [4.69, 9.17) is 14.6 Å². The van der Waals surface area contributed by atoms with E-state index in [1.165, 1.54) is 0 Å². The quantitative estimate of drug-likeness (QED) is 0.805. The van der Waals surface area contributed by atoms with Gasteiger partial charge in [0.25, 0.3) is 0 Å². The number of hydrogen-bond donors (Lipinski definition) is 1. The van der Waals surface area contributed by atoms with Crippen molar-refractivity contribution < 1.29 is 19.4 Å². The molecule has 0 saturated carbocycles. The molecule has 1 unspecified atom stereocenters. The zero-order valence-corrected chi connectivity index (χ0v) is 8.77. The molecule has 0 spiro atoms. The Kier molecular flexibility index (Phi) is 4.12. The third kappa shape index (κ3) is 3.59. The van der Waals surface area contributed by atoms with Gasteiger partial charge in [0.05, 0.1) is 6.10 Å². The molecule has 1 rings (SSSR count). The minimum atomic E-state index is -0.982. The first-order valence-electron chi connectivity index (χ1n) is 4.61. The summed E-state index contributed by atoms with van der Waals surface area (Å²) in [6, 6.07) is 7.16. The van der Waals surface area contributed by atoms with Crippen LogP contribution in [0, 0.1) is 0 Å². The van der Waals surface area contributed by atoms with E-state index in [1.807, 2.05) is 19.1 Å². The van der Waals surface area contributed by atoms with Gasteiger partial charge in [-0.25, -0.2) is 4.79 Å². The zero-order valence-electron chi connectivity index (χ0n) is 8.77. The fourth-order valence-corrected chi connectivity index (χ4v) is 1.12. The van der Waals surface area contributed by atoms with Crippen LogP contribution in [0.5, 0.6) is 5.75 Å². The van der Waals surface area contributed by atoms with Crippen LogP contribution < -0.4 is 4.74 Å². The molecule has 1 atom stereocenters. The third-order valence-electron chi connectivity index (χ3n) is 2.07. The van der Waals surface area contributed by atoms with Crippen LogP contribution in [0.15, 0.2) is 24.3 Å². The highest BCUT2D eigenvalue weighted by molar-refractivity contribution is 5.68. The summed E-state index contributed by atoms with van der Waals surface area (Å²) in [5, 5.41) is 8.41. The smallest absolute Gasteiger partial charge is 0.341 e. The molecule has 0 amide bonds. The second-order valence-corrected chi connectivity index (χ2v) is 3.13. The topological polar surface area (TPSA) is 55.8 Å². The monoisotopic (exact) mass is 210 g/mol. The summed E-state index contributed by atoms with van der Waals surface area (Å²) in [6.45, 7) is 1.62. The first kappa shape index (κ1) is 11.5. The van der Waals surface area contributed by atoms with Gasteiger partial charge in [-0.05, 0) is 24.6 Å². The van der Waals surface area contributed by atoms with E-state index >= 15 is 0 Å². The van der Waals surface area contributed by atoms with Crippen LogP contribution in [0.3, 0.4) is 0 Å². The van der Waals surface area contributed by atoms with Crippen LogP contribution in [-0.2, 0) is 9.53 Å². The molecule has 82 valence electrons. The van der Waals surface area contributed by atoms with Gasteiger partial charge < -0.3 is 14.6 Å². The van der Waals surface area contributed by atoms with Crippen molar-refractivity contribution in [2.45, 2.75) is 13.0 Å². The van der Waals surface area contributed by atoms with Crippen LogP contribution in [0.25, 0.3) is 0 Å². The number of benzene rings is 1. The molecule has 0 bridgehead atoms. The van der Waals surface area contributed by atoms with E-state index in [1.54, 1.807) is 19.2 Å². The molecule has 1 aromatic carbocycles. The van der Waals surface area contributed by atoms with Gasteiger partial charge in [-0.2, -0.15) is 0 Å². The van der Waals surface area contributed by atoms with Crippen molar-refractivity contribution in [3.63, 3.8) is 0 Å². The summed E-state index contributed by atoms with van der Waals surface area (Å²) in [7, 11) is 1.64. The number of carbonyl (C=O) groups is 1. The summed E-state index contributed by atoms with van der Waals surface area (Å²) in [5.74, 6) is -0.436. The lowest BCUT2D eigenvalue weighted by Crippen LogP contribution is -2.09. The molecule has 1 aromatic rings. The zero-order chi connectivity index (χ0) is 11.3. The van der Waals surface area contributed by atoms with Crippen molar-refractivity contribution >= 4 is 5.97 Å². The standard InChI is InChI=1S/C11H14O4/c1-8(14-2)9-3-5-10(6-4-9)15-7-11(12)13/h3-6,8H,7H2,1-2H3,(H,12,13). The van der Waals surface area contributed by atoms with Crippen molar-refractivity contribution in [3.05, 3.63) is 29.8 Å². The van der Waals surface area contributed by atoms with Crippen molar-refractivity contribution in [2.24, 2.45) is 0 Å². The molecule has 0 radical (unpaired) electrons. The van der Waals surface area contributed by atoms with E-state index in [9.17, 15) is 4.79 Å². The van der Waals surface area contributed by atoms with Gasteiger partial charge in [0.1, 0.15) is 5.75 Å². The lowest BCUT2D eigenvalue weighted by Gasteiger charge is -2.10. The average molecular weight is 210 g/mol. The first-order valence-corrected chi connectivity index (χ1v) is 4.61. The van der Waals surface area contributed by atoms with E-state index in [2.05, 4.69) is 0 Å². The van der Waals surface area contributed by atoms with Crippen LogP contribution >= 0.6 is 0 Å². The molecule has 0 aromatic heterocycles. The summed E-state index contributed by atoms with van der Waals surface area (Å²) < 4.78 is 10.1. The summed E-state index contributed by atoms with van der Waals surface area (Å²) >= 11 is 0. The maximum Gasteiger partial charge on any atom is 0.341 e. The molecular formula is C11H14O4. The molecule has 0 aliphatic heterocycles. The number of ether oxygens (including phenoxy) is 2. The third-order valence-corrected chi connectivity index (χ3v) is 2.07. The number of carboxylic acids is 1. The molecule has 4 heteroatoms. The van der Waals surface area contributed by atoms with Crippen molar-refractivity contribution in [1.82, 2.24) is 0 Å². The lowest BCUT2D eigenvalue weighted by molar-refractivity contribution is -0.139. The largest absolute Gasteiger partial charge is 0.482 e. The van der Waals surface area contributed by atoms with Gasteiger partial charge in [-0.1, -0.05) is 12.1 Å². The van der Waals surface area contributed by atoms with E-state index in [-0.39, 0.29) is 12.7 Å². The van der Waals surface area contributed by atoms with Crippen LogP contribution in [0.4, 0.5) is 0 Å². The highest BCUT2D eigenvalue weighted by Gasteiger charge is 2.04. The second kappa shape index (κ2) is 5.36. The first-order chi connectivity index (χ1) is 7.13. The Hall–Kier alpha value is -1.55. The van der Waals surface area contributed by atoms with Gasteiger partial charge in [0, 0.05) is 7.11 Å². The van der Waals surface area contributed by atoms with Gasteiger partial charge in [0.2, 0.25) is 0 Å². The molecular weight excluding hydrogens is 196 g/mol. The van der Waals surface area contributed by atoms with Crippen LogP contribution in [0.1, 0.15) is 18.6 Å². The van der Waals surface area contributed by atoms with Gasteiger partial charge >= 0.3 is 5.97 Å². The Bertz CT molecular complexity index is 318. The molecule has 4 nitrogen and oxygen atoms in total. The van der Waals surface area contributed by atoms with Gasteiger partial charge in [-0.3, -0.25) is 0 Å². The van der Waals surface area contributed by atoms with E-state index < -0.39 is 5.97 Å². The van der Waals surface area contributed by atoms with Crippen LogP contribution in [-0.4, -0.2) is 24.8 Å². The summed E-state index contributed by atoms with van der Waals surface area (Å²) in [4.78, 5) is 10.2. The maximum atomic E-state index is 10.2. The van der Waals surface area contributed by atoms with Gasteiger partial charge in [-0.15, -0.1) is 0 Å². The molecule has 0 heterocycles. The Balaban J connectivity index is 2.60. The Morgan fingerprint density at radius 1 is 1.40 bits per heavy atom. The predicted octanol–water partition coefficient (Wildman–Crippen LogP) is 1.86. The van der Waals surface area contributed by atoms with E-state index in [0.29, 0.717) is 5.75 Å². The highest BCUT2D eigenvalue weighted by atomic mass is 16.5. The van der Waals surface area contributed by atoms with E-state index in [0.717, 1.165) is 5.56 Å². The predicted molar refractivity (Wildman–Crippen MR) is 55.0 cm³/mol. The van der Waals surface area contributed by atoms with Gasteiger partial charge in [0.15, 0.2) is 6.61 Å². The van der Waals surface area contributed by atoms with Crippen molar-refractivity contribution in [3.8, 4) is 5.75 Å². The fraction of sp³-hybridized carbons (Fsp3) is 0.364.